The van der Waals surface area contributed by atoms with Crippen molar-refractivity contribution in [2.75, 3.05) is 19.6 Å². The molecule has 2 amide bonds. The zero-order chi connectivity index (χ0) is 20.0. The molecule has 27 heavy (non-hydrogen) atoms. The fraction of sp³-hybridized carbons (Fsp3) is 0.550. The van der Waals surface area contributed by atoms with Crippen LogP contribution in [0.5, 0.6) is 0 Å². The third-order valence-corrected chi connectivity index (χ3v) is 4.55. The molecule has 0 bridgehead atoms. The highest BCUT2D eigenvalue weighted by Gasteiger charge is 2.30. The normalized spacial score (nSPS) is 16.1. The Hall–Kier alpha value is -2.44. The Labute approximate surface area is 159 Å². The lowest BCUT2D eigenvalue weighted by atomic mass is 9.96. The van der Waals surface area contributed by atoms with Crippen molar-refractivity contribution in [3.05, 3.63) is 35.6 Å². The van der Waals surface area contributed by atoms with E-state index in [-0.39, 0.29) is 23.5 Å². The van der Waals surface area contributed by atoms with E-state index < -0.39 is 12.1 Å². The Morgan fingerprint density at radius 1 is 1.15 bits per heavy atom. The number of benzene rings is 1. The average molecular weight is 378 g/mol. The predicted octanol–water partition coefficient (Wildman–Crippen LogP) is 2.38. The summed E-state index contributed by atoms with van der Waals surface area (Å²) in [5, 5.41) is 2.74. The monoisotopic (exact) mass is 378 g/mol. The average Bonchev–Trinajstić information content (AvgIpc) is 2.66. The molecule has 1 fully saturated rings. The van der Waals surface area contributed by atoms with Gasteiger partial charge in [0, 0.05) is 25.2 Å². The molecule has 6 nitrogen and oxygen atoms in total. The van der Waals surface area contributed by atoms with Gasteiger partial charge in [-0.1, -0.05) is 13.8 Å². The Morgan fingerprint density at radius 3 is 2.30 bits per heavy atom. The van der Waals surface area contributed by atoms with Crippen molar-refractivity contribution in [1.82, 2.24) is 10.2 Å². The van der Waals surface area contributed by atoms with Gasteiger partial charge in [0.25, 0.3) is 11.8 Å². The summed E-state index contributed by atoms with van der Waals surface area (Å²) < 4.78 is 18.3. The molecule has 2 rings (SSSR count). The minimum absolute atomic E-state index is 0.178. The van der Waals surface area contributed by atoms with Crippen LogP contribution >= 0.6 is 0 Å². The Kier molecular flexibility index (Phi) is 7.33. The van der Waals surface area contributed by atoms with Gasteiger partial charge in [0.05, 0.1) is 5.92 Å². The van der Waals surface area contributed by atoms with Crippen LogP contribution < -0.4 is 5.32 Å². The van der Waals surface area contributed by atoms with Crippen molar-refractivity contribution in [3.8, 4) is 0 Å². The number of nitrogens with one attached hydrogen (secondary N) is 1. The number of halogens is 1. The Balaban J connectivity index is 1.80. The minimum atomic E-state index is -0.838. The maximum absolute atomic E-state index is 13.0. The molecular weight excluding hydrogens is 351 g/mol. The molecule has 1 heterocycles. The summed E-state index contributed by atoms with van der Waals surface area (Å²) in [6.07, 6.45) is 0.119. The van der Waals surface area contributed by atoms with Gasteiger partial charge in [-0.15, -0.1) is 0 Å². The molecule has 1 aromatic rings. The molecule has 148 valence electrons. The molecule has 1 aliphatic rings. The van der Waals surface area contributed by atoms with E-state index >= 15 is 0 Å². The highest BCUT2D eigenvalue weighted by Crippen LogP contribution is 2.21. The third kappa shape index (κ3) is 6.05. The lowest BCUT2D eigenvalue weighted by molar-refractivity contribution is -0.160. The first-order valence-corrected chi connectivity index (χ1v) is 9.31. The highest BCUT2D eigenvalue weighted by atomic mass is 19.1. The van der Waals surface area contributed by atoms with Gasteiger partial charge in [-0.2, -0.15) is 0 Å². The van der Waals surface area contributed by atoms with Crippen LogP contribution in [-0.4, -0.2) is 48.4 Å². The number of hydrogen-bond acceptors (Lipinski definition) is 4. The van der Waals surface area contributed by atoms with Crippen molar-refractivity contribution in [2.24, 2.45) is 11.8 Å². The molecular formula is C20H27FN2O4. The van der Waals surface area contributed by atoms with Gasteiger partial charge in [0.1, 0.15) is 5.82 Å². The summed E-state index contributed by atoms with van der Waals surface area (Å²) in [6.45, 7) is 6.90. The predicted molar refractivity (Wildman–Crippen MR) is 98.4 cm³/mol. The van der Waals surface area contributed by atoms with Crippen LogP contribution in [0, 0.1) is 17.7 Å². The van der Waals surface area contributed by atoms with Gasteiger partial charge in [-0.25, -0.2) is 4.39 Å². The van der Waals surface area contributed by atoms with E-state index in [9.17, 15) is 18.8 Å². The van der Waals surface area contributed by atoms with Crippen LogP contribution in [0.3, 0.4) is 0 Å². The topological polar surface area (TPSA) is 75.7 Å². The van der Waals surface area contributed by atoms with E-state index in [1.165, 1.54) is 24.3 Å². The molecule has 7 heteroatoms. The number of rotatable bonds is 6. The van der Waals surface area contributed by atoms with Crippen molar-refractivity contribution >= 4 is 17.8 Å². The number of ether oxygens (including phenoxy) is 1. The first-order valence-electron chi connectivity index (χ1n) is 9.31. The van der Waals surface area contributed by atoms with Gasteiger partial charge in [0.15, 0.2) is 6.10 Å². The number of hydrogen-bond donors (Lipinski definition) is 1. The molecule has 1 aromatic carbocycles. The molecule has 0 aromatic heterocycles. The summed E-state index contributed by atoms with van der Waals surface area (Å²) in [6, 6.07) is 5.41. The van der Waals surface area contributed by atoms with Gasteiger partial charge in [-0.3, -0.25) is 14.4 Å². The van der Waals surface area contributed by atoms with Gasteiger partial charge >= 0.3 is 5.97 Å². The molecule has 0 saturated carbocycles. The van der Waals surface area contributed by atoms with Crippen molar-refractivity contribution in [3.63, 3.8) is 0 Å². The molecule has 0 spiro atoms. The summed E-state index contributed by atoms with van der Waals surface area (Å²) in [5.41, 5.74) is 0.424. The van der Waals surface area contributed by atoms with E-state index in [1.807, 2.05) is 13.8 Å². The van der Waals surface area contributed by atoms with Crippen molar-refractivity contribution in [2.45, 2.75) is 39.7 Å². The number of piperidine rings is 1. The quantitative estimate of drug-likeness (QED) is 0.771. The molecule has 1 atom stereocenters. The molecule has 0 radical (unpaired) electrons. The smallest absolute Gasteiger partial charge is 0.309 e. The zero-order valence-corrected chi connectivity index (χ0v) is 16.0. The summed E-state index contributed by atoms with van der Waals surface area (Å²) >= 11 is 0. The first kappa shape index (κ1) is 20.9. The largest absolute Gasteiger partial charge is 0.452 e. The van der Waals surface area contributed by atoms with Gasteiger partial charge < -0.3 is 15.0 Å². The summed E-state index contributed by atoms with van der Waals surface area (Å²) in [4.78, 5) is 38.3. The van der Waals surface area contributed by atoms with Gasteiger partial charge in [-0.05, 0) is 49.9 Å². The van der Waals surface area contributed by atoms with Gasteiger partial charge in [0.2, 0.25) is 0 Å². The number of likely N-dealkylation sites (tertiary alicyclic amines) is 1. The van der Waals surface area contributed by atoms with E-state index in [4.69, 9.17) is 4.74 Å². The minimum Gasteiger partial charge on any atom is -0.452 e. The first-order chi connectivity index (χ1) is 12.8. The lowest BCUT2D eigenvalue weighted by Crippen LogP contribution is -2.42. The standard InChI is InChI=1S/C20H27FN2O4/c1-13(2)12-22-18(24)14(3)27-20(26)16-8-10-23(11-9-16)19(25)15-4-6-17(21)7-5-15/h4-7,13-14,16H,8-12H2,1-3H3,(H,22,24). The van der Waals surface area contributed by atoms with Crippen molar-refractivity contribution in [1.29, 1.82) is 0 Å². The maximum Gasteiger partial charge on any atom is 0.309 e. The van der Waals surface area contributed by atoms with Crippen LogP contribution in [0.15, 0.2) is 24.3 Å². The molecule has 0 aliphatic carbocycles. The van der Waals surface area contributed by atoms with E-state index in [0.717, 1.165) is 0 Å². The zero-order valence-electron chi connectivity index (χ0n) is 16.0. The molecule has 1 aliphatic heterocycles. The number of nitrogens with zero attached hydrogens (tertiary/aromatic N) is 1. The van der Waals surface area contributed by atoms with Crippen LogP contribution in [0.25, 0.3) is 0 Å². The van der Waals surface area contributed by atoms with Crippen molar-refractivity contribution < 1.29 is 23.5 Å². The second-order valence-corrected chi connectivity index (χ2v) is 7.29. The fourth-order valence-corrected chi connectivity index (χ4v) is 2.87. The maximum atomic E-state index is 13.0. The van der Waals surface area contributed by atoms with Crippen LogP contribution in [0.1, 0.15) is 44.0 Å². The van der Waals surface area contributed by atoms with Crippen LogP contribution in [-0.2, 0) is 14.3 Å². The molecule has 1 unspecified atom stereocenters. The summed E-state index contributed by atoms with van der Waals surface area (Å²) in [7, 11) is 0. The number of carbonyl (C=O) groups is 3. The Morgan fingerprint density at radius 2 is 1.74 bits per heavy atom. The second-order valence-electron chi connectivity index (χ2n) is 7.29. The number of amides is 2. The second kappa shape index (κ2) is 9.48. The van der Waals surface area contributed by atoms with E-state index in [0.29, 0.717) is 44.0 Å². The summed E-state index contributed by atoms with van der Waals surface area (Å²) in [5.74, 6) is -1.29. The molecule has 1 N–H and O–H groups in total. The number of carbonyl (C=O) groups excluding carboxylic acids is 3. The van der Waals surface area contributed by atoms with E-state index in [1.54, 1.807) is 11.8 Å². The Bertz CT molecular complexity index is 667. The lowest BCUT2D eigenvalue weighted by Gasteiger charge is -2.31. The van der Waals surface area contributed by atoms with Crippen LogP contribution in [0.4, 0.5) is 4.39 Å². The third-order valence-electron chi connectivity index (χ3n) is 4.55. The van der Waals surface area contributed by atoms with E-state index in [2.05, 4.69) is 5.32 Å². The SMILES string of the molecule is CC(C)CNC(=O)C(C)OC(=O)C1CCN(C(=O)c2ccc(F)cc2)CC1. The molecule has 1 saturated heterocycles. The fourth-order valence-electron chi connectivity index (χ4n) is 2.87. The highest BCUT2D eigenvalue weighted by molar-refractivity contribution is 5.94. The van der Waals surface area contributed by atoms with Crippen LogP contribution in [0.2, 0.25) is 0 Å². The number of esters is 1.